The Bertz CT molecular complexity index is 1120. The first-order chi connectivity index (χ1) is 14.6. The number of halogens is 1. The molecule has 3 aromatic rings. The zero-order valence-corrected chi connectivity index (χ0v) is 17.8. The molecular weight excluding hydrogens is 444 g/mol. The number of hydrogen-bond donors (Lipinski definition) is 1. The topological polar surface area (TPSA) is 58.6 Å². The number of rotatable bonds is 6. The molecule has 1 aliphatic heterocycles. The second-order valence-electron chi connectivity index (χ2n) is 6.80. The largest absolute Gasteiger partial charge is 0.497 e. The van der Waals surface area contributed by atoms with E-state index >= 15 is 0 Å². The van der Waals surface area contributed by atoms with Crippen LogP contribution in [0.2, 0.25) is 0 Å². The van der Waals surface area contributed by atoms with Crippen molar-refractivity contribution in [3.63, 3.8) is 0 Å². The van der Waals surface area contributed by atoms with E-state index in [1.165, 1.54) is 4.90 Å². The van der Waals surface area contributed by atoms with E-state index in [0.717, 1.165) is 21.5 Å². The van der Waals surface area contributed by atoms with E-state index in [1.54, 1.807) is 7.11 Å². The van der Waals surface area contributed by atoms with Gasteiger partial charge in [0.15, 0.2) is 0 Å². The van der Waals surface area contributed by atoms with Gasteiger partial charge in [-0.1, -0.05) is 64.5 Å². The predicted molar refractivity (Wildman–Crippen MR) is 120 cm³/mol. The molecule has 0 unspecified atom stereocenters. The lowest BCUT2D eigenvalue weighted by Crippen LogP contribution is -2.32. The third-order valence-corrected chi connectivity index (χ3v) is 5.32. The molecule has 0 fully saturated rings. The number of carbonyl (C=O) groups is 2. The van der Waals surface area contributed by atoms with E-state index in [2.05, 4.69) is 21.2 Å². The minimum atomic E-state index is -0.352. The second-order valence-corrected chi connectivity index (χ2v) is 7.71. The zero-order chi connectivity index (χ0) is 21.1. The number of anilines is 1. The highest BCUT2D eigenvalue weighted by atomic mass is 79.9. The Labute approximate surface area is 183 Å². The van der Waals surface area contributed by atoms with Crippen LogP contribution in [0.15, 0.2) is 89.0 Å². The first-order valence-corrected chi connectivity index (χ1v) is 10.2. The fourth-order valence-electron chi connectivity index (χ4n) is 3.33. The third kappa shape index (κ3) is 4.00. The molecule has 4 rings (SSSR count). The van der Waals surface area contributed by atoms with Gasteiger partial charge in [-0.15, -0.1) is 0 Å². The van der Waals surface area contributed by atoms with Gasteiger partial charge in [-0.2, -0.15) is 0 Å². The number of carbonyl (C=O) groups excluding carboxylic acids is 2. The predicted octanol–water partition coefficient (Wildman–Crippen LogP) is 4.85. The second kappa shape index (κ2) is 8.55. The van der Waals surface area contributed by atoms with Gasteiger partial charge in [0.2, 0.25) is 0 Å². The molecule has 6 heteroatoms. The fraction of sp³-hybridized carbons (Fsp3) is 0.0833. The van der Waals surface area contributed by atoms with Gasteiger partial charge in [-0.3, -0.25) is 14.5 Å². The number of hydrogen-bond acceptors (Lipinski definition) is 4. The maximum atomic E-state index is 13.3. The normalized spacial score (nSPS) is 13.7. The van der Waals surface area contributed by atoms with Gasteiger partial charge >= 0.3 is 0 Å². The third-order valence-electron chi connectivity index (χ3n) is 4.82. The summed E-state index contributed by atoms with van der Waals surface area (Å²) in [7, 11) is 1.60. The van der Waals surface area contributed by atoms with E-state index in [1.807, 2.05) is 78.9 Å². The molecule has 150 valence electrons. The summed E-state index contributed by atoms with van der Waals surface area (Å²) in [6.07, 6.45) is 0. The maximum absolute atomic E-state index is 13.3. The van der Waals surface area contributed by atoms with Crippen molar-refractivity contribution < 1.29 is 14.3 Å². The molecule has 0 aromatic heterocycles. The number of nitrogens with zero attached hydrogens (tertiary/aromatic N) is 1. The van der Waals surface area contributed by atoms with Gasteiger partial charge in [0.25, 0.3) is 11.8 Å². The molecule has 1 heterocycles. The lowest BCUT2D eigenvalue weighted by molar-refractivity contribution is -0.137. The Balaban J connectivity index is 1.70. The van der Waals surface area contributed by atoms with Gasteiger partial charge in [-0.25, -0.2) is 0 Å². The van der Waals surface area contributed by atoms with Crippen LogP contribution >= 0.6 is 15.9 Å². The fourth-order valence-corrected chi connectivity index (χ4v) is 3.73. The Morgan fingerprint density at radius 3 is 2.30 bits per heavy atom. The van der Waals surface area contributed by atoms with E-state index < -0.39 is 0 Å². The summed E-state index contributed by atoms with van der Waals surface area (Å²) >= 11 is 3.44. The Kier molecular flexibility index (Phi) is 5.68. The summed E-state index contributed by atoms with van der Waals surface area (Å²) in [4.78, 5) is 27.8. The van der Waals surface area contributed by atoms with E-state index in [-0.39, 0.29) is 24.1 Å². The smallest absolute Gasteiger partial charge is 0.278 e. The average molecular weight is 463 g/mol. The molecule has 0 atom stereocenters. The van der Waals surface area contributed by atoms with Crippen LogP contribution in [0.1, 0.15) is 11.1 Å². The van der Waals surface area contributed by atoms with Crippen molar-refractivity contribution in [2.75, 3.05) is 12.4 Å². The molecule has 5 nitrogen and oxygen atoms in total. The van der Waals surface area contributed by atoms with Crippen molar-refractivity contribution in [3.8, 4) is 5.75 Å². The van der Waals surface area contributed by atoms with Gasteiger partial charge in [0.1, 0.15) is 11.4 Å². The molecular formula is C24H19BrN2O3. The highest BCUT2D eigenvalue weighted by Gasteiger charge is 2.39. The lowest BCUT2D eigenvalue weighted by atomic mass is 10.0. The van der Waals surface area contributed by atoms with Crippen molar-refractivity contribution in [2.24, 2.45) is 0 Å². The van der Waals surface area contributed by atoms with Crippen molar-refractivity contribution in [2.45, 2.75) is 6.54 Å². The number of benzene rings is 3. The van der Waals surface area contributed by atoms with Crippen LogP contribution in [0.25, 0.3) is 5.57 Å². The number of ether oxygens (including phenoxy) is 1. The van der Waals surface area contributed by atoms with E-state index in [9.17, 15) is 9.59 Å². The Morgan fingerprint density at radius 1 is 0.900 bits per heavy atom. The quantitative estimate of drug-likeness (QED) is 0.531. The van der Waals surface area contributed by atoms with Gasteiger partial charge in [0.05, 0.1) is 19.2 Å². The van der Waals surface area contributed by atoms with Crippen molar-refractivity contribution in [3.05, 3.63) is 100 Å². The molecule has 3 aromatic carbocycles. The summed E-state index contributed by atoms with van der Waals surface area (Å²) in [6.45, 7) is 0.182. The first kappa shape index (κ1) is 19.9. The molecule has 0 bridgehead atoms. The summed E-state index contributed by atoms with van der Waals surface area (Å²) in [6, 6.07) is 24.0. The number of imide groups is 1. The van der Waals surface area contributed by atoms with Crippen LogP contribution in [-0.2, 0) is 16.1 Å². The summed E-state index contributed by atoms with van der Waals surface area (Å²) in [5.41, 5.74) is 2.91. The molecule has 0 radical (unpaired) electrons. The van der Waals surface area contributed by atoms with Crippen LogP contribution in [-0.4, -0.2) is 23.8 Å². The average Bonchev–Trinajstić information content (AvgIpc) is 2.99. The summed E-state index contributed by atoms with van der Waals surface area (Å²) < 4.78 is 6.06. The molecule has 1 aliphatic rings. The summed E-state index contributed by atoms with van der Waals surface area (Å²) in [5, 5.41) is 3.16. The number of methoxy groups -OCH3 is 1. The van der Waals surface area contributed by atoms with Crippen LogP contribution < -0.4 is 10.1 Å². The minimum Gasteiger partial charge on any atom is -0.497 e. The highest BCUT2D eigenvalue weighted by molar-refractivity contribution is 9.10. The minimum absolute atomic E-state index is 0.182. The first-order valence-electron chi connectivity index (χ1n) is 9.38. The molecule has 0 saturated heterocycles. The Morgan fingerprint density at radius 2 is 1.63 bits per heavy atom. The van der Waals surface area contributed by atoms with E-state index in [0.29, 0.717) is 11.1 Å². The molecule has 0 saturated carbocycles. The number of nitrogens with one attached hydrogen (secondary N) is 1. The van der Waals surface area contributed by atoms with Crippen molar-refractivity contribution in [1.29, 1.82) is 0 Å². The van der Waals surface area contributed by atoms with Gasteiger partial charge < -0.3 is 10.1 Å². The van der Waals surface area contributed by atoms with Crippen LogP contribution in [0.4, 0.5) is 5.69 Å². The maximum Gasteiger partial charge on any atom is 0.278 e. The van der Waals surface area contributed by atoms with Gasteiger partial charge in [0, 0.05) is 10.2 Å². The van der Waals surface area contributed by atoms with Crippen molar-refractivity contribution >= 4 is 39.0 Å². The molecule has 2 amide bonds. The van der Waals surface area contributed by atoms with Crippen LogP contribution in [0.5, 0.6) is 5.75 Å². The standard InChI is InChI=1S/C24H19BrN2O3/c1-30-20-12-10-16(11-13-20)15-27-23(28)21(17-6-3-2-4-7-17)22(24(27)29)26-19-9-5-8-18(25)14-19/h2-14,26H,15H2,1H3. The molecule has 0 aliphatic carbocycles. The Hall–Kier alpha value is -3.38. The lowest BCUT2D eigenvalue weighted by Gasteiger charge is -2.16. The monoisotopic (exact) mass is 462 g/mol. The summed E-state index contributed by atoms with van der Waals surface area (Å²) in [5.74, 6) is 0.0482. The SMILES string of the molecule is COc1ccc(CN2C(=O)C(Nc3cccc(Br)c3)=C(c3ccccc3)C2=O)cc1. The van der Waals surface area contributed by atoms with Gasteiger partial charge in [-0.05, 0) is 41.5 Å². The highest BCUT2D eigenvalue weighted by Crippen LogP contribution is 2.32. The molecule has 0 spiro atoms. The van der Waals surface area contributed by atoms with Crippen molar-refractivity contribution in [1.82, 2.24) is 4.90 Å². The molecule has 30 heavy (non-hydrogen) atoms. The van der Waals surface area contributed by atoms with Crippen LogP contribution in [0.3, 0.4) is 0 Å². The van der Waals surface area contributed by atoms with E-state index in [4.69, 9.17) is 4.74 Å². The number of amides is 2. The zero-order valence-electron chi connectivity index (χ0n) is 16.3. The molecule has 1 N–H and O–H groups in total. The van der Waals surface area contributed by atoms with Crippen LogP contribution in [0, 0.1) is 0 Å².